The van der Waals surface area contributed by atoms with Gasteiger partial charge < -0.3 is 4.90 Å². The van der Waals surface area contributed by atoms with E-state index in [-0.39, 0.29) is 0 Å². The maximum absolute atomic E-state index is 8.87. The molecule has 0 radical (unpaired) electrons. The average molecular weight is 270 g/mol. The van der Waals surface area contributed by atoms with Crippen LogP contribution in [0.25, 0.3) is 0 Å². The van der Waals surface area contributed by atoms with Gasteiger partial charge in [-0.25, -0.2) is 0 Å². The van der Waals surface area contributed by atoms with Gasteiger partial charge in [-0.05, 0) is 55.1 Å². The summed E-state index contributed by atoms with van der Waals surface area (Å²) in [4.78, 5) is 3.76. The number of hydrogen-bond donors (Lipinski definition) is 0. The van der Waals surface area contributed by atoms with Crippen molar-refractivity contribution in [1.82, 2.24) is 4.90 Å². The van der Waals surface area contributed by atoms with Crippen molar-refractivity contribution in [3.05, 3.63) is 57.3 Å². The van der Waals surface area contributed by atoms with Crippen LogP contribution in [0.5, 0.6) is 0 Å². The fraction of sp³-hybridized carbons (Fsp3) is 0.312. The Kier molecular flexibility index (Phi) is 4.73. The summed E-state index contributed by atoms with van der Waals surface area (Å²) in [5.41, 5.74) is 3.23. The number of benzene rings is 1. The summed E-state index contributed by atoms with van der Waals surface area (Å²) in [6, 6.07) is 12.4. The molecule has 0 unspecified atom stereocenters. The van der Waals surface area contributed by atoms with Crippen LogP contribution in [0.4, 0.5) is 0 Å². The zero-order chi connectivity index (χ0) is 13.7. The Labute approximate surface area is 118 Å². The van der Waals surface area contributed by atoms with E-state index in [2.05, 4.69) is 48.5 Å². The van der Waals surface area contributed by atoms with E-state index in [1.54, 1.807) is 0 Å². The van der Waals surface area contributed by atoms with Gasteiger partial charge in [0.1, 0.15) is 0 Å². The second kappa shape index (κ2) is 6.51. The van der Waals surface area contributed by atoms with E-state index in [0.717, 1.165) is 25.1 Å². The maximum Gasteiger partial charge on any atom is 0.0991 e. The van der Waals surface area contributed by atoms with Gasteiger partial charge in [-0.15, -0.1) is 11.3 Å². The number of thiophene rings is 1. The van der Waals surface area contributed by atoms with Crippen LogP contribution in [0, 0.1) is 18.3 Å². The van der Waals surface area contributed by atoms with Crippen molar-refractivity contribution in [1.29, 1.82) is 5.26 Å². The topological polar surface area (TPSA) is 27.0 Å². The molecular weight excluding hydrogens is 252 g/mol. The number of nitrogens with zero attached hydrogens (tertiary/aromatic N) is 2. The van der Waals surface area contributed by atoms with E-state index in [9.17, 15) is 0 Å². The van der Waals surface area contributed by atoms with Gasteiger partial charge in [-0.2, -0.15) is 5.26 Å². The zero-order valence-corrected chi connectivity index (χ0v) is 12.2. The highest BCUT2D eigenvalue weighted by Crippen LogP contribution is 2.14. The summed E-state index contributed by atoms with van der Waals surface area (Å²) in [5, 5.41) is 11.0. The first kappa shape index (κ1) is 13.8. The van der Waals surface area contributed by atoms with Crippen molar-refractivity contribution in [2.45, 2.75) is 19.9 Å². The molecule has 0 atom stereocenters. The molecule has 2 rings (SSSR count). The highest BCUT2D eigenvalue weighted by atomic mass is 32.1. The van der Waals surface area contributed by atoms with Crippen LogP contribution in [0.1, 0.15) is 21.6 Å². The van der Waals surface area contributed by atoms with Crippen molar-refractivity contribution in [3.8, 4) is 6.07 Å². The molecule has 19 heavy (non-hydrogen) atoms. The molecule has 0 N–H and O–H groups in total. The summed E-state index contributed by atoms with van der Waals surface area (Å²) in [5.74, 6) is 0. The lowest BCUT2D eigenvalue weighted by Crippen LogP contribution is -2.21. The number of rotatable bonds is 5. The molecule has 3 heteroatoms. The van der Waals surface area contributed by atoms with Crippen LogP contribution >= 0.6 is 11.3 Å². The Balaban J connectivity index is 1.91. The van der Waals surface area contributed by atoms with Crippen molar-refractivity contribution < 1.29 is 0 Å². The first-order chi connectivity index (χ1) is 9.19. The SMILES string of the molecule is Cc1cc(C#N)ccc1CN(C)CCc1cccs1. The minimum atomic E-state index is 0.738. The van der Waals surface area contributed by atoms with Gasteiger partial charge in [0.2, 0.25) is 0 Å². The highest BCUT2D eigenvalue weighted by molar-refractivity contribution is 7.09. The van der Waals surface area contributed by atoms with Crippen LogP contribution in [0.3, 0.4) is 0 Å². The molecule has 0 saturated carbocycles. The minimum Gasteiger partial charge on any atom is -0.302 e. The van der Waals surface area contributed by atoms with Gasteiger partial charge in [0.25, 0.3) is 0 Å². The standard InChI is InChI=1S/C16H18N2S/c1-13-10-14(11-17)5-6-15(13)12-18(2)8-7-16-4-3-9-19-16/h3-6,9-10H,7-8,12H2,1-2H3. The van der Waals surface area contributed by atoms with Crippen LogP contribution in [-0.2, 0) is 13.0 Å². The van der Waals surface area contributed by atoms with Crippen molar-refractivity contribution in [2.75, 3.05) is 13.6 Å². The van der Waals surface area contributed by atoms with Crippen LogP contribution in [0.15, 0.2) is 35.7 Å². The Bertz CT molecular complexity index is 567. The largest absolute Gasteiger partial charge is 0.302 e. The fourth-order valence-electron chi connectivity index (χ4n) is 2.07. The Morgan fingerprint density at radius 2 is 2.16 bits per heavy atom. The third kappa shape index (κ3) is 3.92. The number of aryl methyl sites for hydroxylation is 1. The third-order valence-electron chi connectivity index (χ3n) is 3.23. The molecule has 0 saturated heterocycles. The van der Waals surface area contributed by atoms with E-state index in [1.807, 2.05) is 23.5 Å². The molecule has 98 valence electrons. The molecule has 2 aromatic rings. The van der Waals surface area contributed by atoms with Crippen molar-refractivity contribution in [2.24, 2.45) is 0 Å². The molecule has 2 nitrogen and oxygen atoms in total. The first-order valence-corrected chi connectivity index (χ1v) is 7.27. The number of nitriles is 1. The molecule has 1 aromatic carbocycles. The van der Waals surface area contributed by atoms with Crippen LogP contribution in [-0.4, -0.2) is 18.5 Å². The lowest BCUT2D eigenvalue weighted by atomic mass is 10.1. The summed E-state index contributed by atoms with van der Waals surface area (Å²) < 4.78 is 0. The lowest BCUT2D eigenvalue weighted by Gasteiger charge is -2.17. The smallest absolute Gasteiger partial charge is 0.0991 e. The number of likely N-dealkylation sites (N-methyl/N-ethyl adjacent to an activating group) is 1. The quantitative estimate of drug-likeness (QED) is 0.830. The van der Waals surface area contributed by atoms with E-state index >= 15 is 0 Å². The molecule has 0 aliphatic carbocycles. The molecule has 0 fully saturated rings. The summed E-state index contributed by atoms with van der Waals surface area (Å²) in [6.07, 6.45) is 1.10. The highest BCUT2D eigenvalue weighted by Gasteiger charge is 2.05. The van der Waals surface area contributed by atoms with Gasteiger partial charge in [0.15, 0.2) is 0 Å². The van der Waals surface area contributed by atoms with Gasteiger partial charge in [0.05, 0.1) is 11.6 Å². The van der Waals surface area contributed by atoms with Gasteiger partial charge in [-0.3, -0.25) is 0 Å². The lowest BCUT2D eigenvalue weighted by molar-refractivity contribution is 0.331. The Hall–Kier alpha value is -1.63. The zero-order valence-electron chi connectivity index (χ0n) is 11.4. The van der Waals surface area contributed by atoms with Gasteiger partial charge in [-0.1, -0.05) is 12.1 Å². The van der Waals surface area contributed by atoms with E-state index < -0.39 is 0 Å². The van der Waals surface area contributed by atoms with E-state index in [1.165, 1.54) is 16.0 Å². The molecule has 0 aliphatic rings. The monoisotopic (exact) mass is 270 g/mol. The second-order valence-electron chi connectivity index (χ2n) is 4.82. The predicted molar refractivity (Wildman–Crippen MR) is 80.3 cm³/mol. The Morgan fingerprint density at radius 1 is 1.32 bits per heavy atom. The second-order valence-corrected chi connectivity index (χ2v) is 5.85. The van der Waals surface area contributed by atoms with E-state index in [0.29, 0.717) is 0 Å². The molecule has 0 spiro atoms. The van der Waals surface area contributed by atoms with E-state index in [4.69, 9.17) is 5.26 Å². The Morgan fingerprint density at radius 3 is 2.79 bits per heavy atom. The normalized spacial score (nSPS) is 10.6. The molecular formula is C16H18N2S. The van der Waals surface area contributed by atoms with Gasteiger partial charge in [0, 0.05) is 18.0 Å². The first-order valence-electron chi connectivity index (χ1n) is 6.39. The van der Waals surface area contributed by atoms with Gasteiger partial charge >= 0.3 is 0 Å². The summed E-state index contributed by atoms with van der Waals surface area (Å²) >= 11 is 1.82. The minimum absolute atomic E-state index is 0.738. The fourth-order valence-corrected chi connectivity index (χ4v) is 2.77. The molecule has 0 amide bonds. The molecule has 0 aliphatic heterocycles. The van der Waals surface area contributed by atoms with Crippen LogP contribution < -0.4 is 0 Å². The molecule has 1 heterocycles. The van der Waals surface area contributed by atoms with Crippen molar-refractivity contribution in [3.63, 3.8) is 0 Å². The van der Waals surface area contributed by atoms with Crippen molar-refractivity contribution >= 4 is 11.3 Å². The predicted octanol–water partition coefficient (Wildman–Crippen LogP) is 3.60. The average Bonchev–Trinajstić information content (AvgIpc) is 2.92. The molecule has 1 aromatic heterocycles. The number of hydrogen-bond acceptors (Lipinski definition) is 3. The summed E-state index contributed by atoms with van der Waals surface area (Å²) in [7, 11) is 2.14. The van der Waals surface area contributed by atoms with Crippen LogP contribution in [0.2, 0.25) is 0 Å². The summed E-state index contributed by atoms with van der Waals surface area (Å²) in [6.45, 7) is 4.06. The maximum atomic E-state index is 8.87. The third-order valence-corrected chi connectivity index (χ3v) is 4.17. The molecule has 0 bridgehead atoms.